The van der Waals surface area contributed by atoms with E-state index in [0.29, 0.717) is 18.4 Å². The highest BCUT2D eigenvalue weighted by atomic mass is 32.2. The molecule has 1 aromatic carbocycles. The molecule has 0 unspecified atom stereocenters. The molecule has 1 amide bonds. The molecule has 24 heavy (non-hydrogen) atoms. The van der Waals surface area contributed by atoms with Crippen LogP contribution >= 0.6 is 0 Å². The minimum absolute atomic E-state index is 0.254. The van der Waals surface area contributed by atoms with Crippen molar-refractivity contribution in [1.82, 2.24) is 14.7 Å². The summed E-state index contributed by atoms with van der Waals surface area (Å²) < 4.78 is 56.4. The third-order valence-electron chi connectivity index (χ3n) is 2.52. The van der Waals surface area contributed by atoms with Gasteiger partial charge in [0.2, 0.25) is 15.7 Å². The van der Waals surface area contributed by atoms with Crippen molar-refractivity contribution in [3.8, 4) is 17.7 Å². The van der Waals surface area contributed by atoms with Crippen molar-refractivity contribution < 1.29 is 26.7 Å². The summed E-state index contributed by atoms with van der Waals surface area (Å²) in [6.07, 6.45) is 3.08. The van der Waals surface area contributed by atoms with Crippen LogP contribution in [0.25, 0.3) is 0 Å². The SMILES string of the molecule is CS(=O)(=O)NC(=O)c1cc(F)c(Oc2nccnc2C#N)cc1F. The number of nitriles is 1. The minimum atomic E-state index is -3.94. The predicted octanol–water partition coefficient (Wildman–Crippen LogP) is 1.11. The molecular formula is C13H8F2N4O4S. The molecule has 0 aliphatic carbocycles. The second-order valence-electron chi connectivity index (χ2n) is 4.39. The van der Waals surface area contributed by atoms with Gasteiger partial charge in [-0.15, -0.1) is 0 Å². The predicted molar refractivity (Wildman–Crippen MR) is 75.5 cm³/mol. The van der Waals surface area contributed by atoms with Crippen LogP contribution in [0, 0.1) is 23.0 Å². The zero-order valence-corrected chi connectivity index (χ0v) is 12.8. The molecule has 0 saturated heterocycles. The Hall–Kier alpha value is -3.13. The van der Waals surface area contributed by atoms with Gasteiger partial charge in [-0.2, -0.15) is 5.26 Å². The number of nitrogens with zero attached hydrogens (tertiary/aromatic N) is 3. The van der Waals surface area contributed by atoms with Crippen molar-refractivity contribution in [2.75, 3.05) is 6.26 Å². The van der Waals surface area contributed by atoms with Gasteiger partial charge in [-0.1, -0.05) is 0 Å². The first-order chi connectivity index (χ1) is 11.2. The number of carbonyl (C=O) groups excluding carboxylic acids is 1. The second-order valence-corrected chi connectivity index (χ2v) is 6.14. The first-order valence-corrected chi connectivity index (χ1v) is 8.00. The molecule has 11 heteroatoms. The summed E-state index contributed by atoms with van der Waals surface area (Å²) in [5, 5.41) is 8.84. The van der Waals surface area contributed by atoms with Crippen molar-refractivity contribution >= 4 is 15.9 Å². The standard InChI is InChI=1S/C13H8F2N4O4S/c1-24(21,22)19-12(20)7-4-9(15)11(5-8(7)14)23-13-10(6-16)17-2-3-18-13/h2-5H,1H3,(H,19,20). The number of hydrogen-bond acceptors (Lipinski definition) is 7. The fourth-order valence-corrected chi connectivity index (χ4v) is 2.03. The lowest BCUT2D eigenvalue weighted by molar-refractivity contribution is 0.0977. The normalized spacial score (nSPS) is 10.8. The topological polar surface area (TPSA) is 122 Å². The molecule has 0 saturated carbocycles. The molecule has 1 aromatic heterocycles. The Kier molecular flexibility index (Phi) is 4.70. The number of benzene rings is 1. The van der Waals surface area contributed by atoms with Crippen LogP contribution in [0.3, 0.4) is 0 Å². The van der Waals surface area contributed by atoms with Crippen LogP contribution in [0.5, 0.6) is 11.6 Å². The summed E-state index contributed by atoms with van der Waals surface area (Å²) in [6.45, 7) is 0. The molecule has 0 bridgehead atoms. The molecule has 8 nitrogen and oxygen atoms in total. The number of halogens is 2. The van der Waals surface area contributed by atoms with Crippen LogP contribution in [-0.4, -0.2) is 30.5 Å². The summed E-state index contributed by atoms with van der Waals surface area (Å²) in [6, 6.07) is 2.66. The van der Waals surface area contributed by atoms with Gasteiger partial charge in [-0.25, -0.2) is 31.9 Å². The minimum Gasteiger partial charge on any atom is -0.433 e. The van der Waals surface area contributed by atoms with E-state index in [9.17, 15) is 22.0 Å². The Labute approximate surface area is 134 Å². The number of amides is 1. The number of sulfonamides is 1. The van der Waals surface area contributed by atoms with Crippen molar-refractivity contribution in [2.24, 2.45) is 0 Å². The van der Waals surface area contributed by atoms with Gasteiger partial charge in [0.15, 0.2) is 11.6 Å². The van der Waals surface area contributed by atoms with Crippen LogP contribution in [0.4, 0.5) is 8.78 Å². The number of aromatic nitrogens is 2. The number of ether oxygens (including phenoxy) is 1. The number of rotatable bonds is 4. The zero-order valence-electron chi connectivity index (χ0n) is 11.9. The van der Waals surface area contributed by atoms with E-state index >= 15 is 0 Å². The van der Waals surface area contributed by atoms with E-state index in [2.05, 4.69) is 9.97 Å². The Morgan fingerprint density at radius 2 is 1.92 bits per heavy atom. The maximum Gasteiger partial charge on any atom is 0.267 e. The molecule has 0 fully saturated rings. The molecule has 1 N–H and O–H groups in total. The molecule has 0 spiro atoms. The van der Waals surface area contributed by atoms with Gasteiger partial charge >= 0.3 is 0 Å². The van der Waals surface area contributed by atoms with E-state index in [1.165, 1.54) is 17.1 Å². The fourth-order valence-electron chi connectivity index (χ4n) is 1.58. The number of carbonyl (C=O) groups is 1. The van der Waals surface area contributed by atoms with Crippen LogP contribution in [0.15, 0.2) is 24.5 Å². The Balaban J connectivity index is 2.37. The first-order valence-electron chi connectivity index (χ1n) is 6.11. The van der Waals surface area contributed by atoms with Crippen LogP contribution in [0.1, 0.15) is 16.1 Å². The van der Waals surface area contributed by atoms with E-state index in [-0.39, 0.29) is 11.6 Å². The molecule has 2 aromatic rings. The lowest BCUT2D eigenvalue weighted by atomic mass is 10.2. The van der Waals surface area contributed by atoms with E-state index in [4.69, 9.17) is 10.00 Å². The van der Waals surface area contributed by atoms with Gasteiger partial charge in [0.25, 0.3) is 11.8 Å². The van der Waals surface area contributed by atoms with E-state index < -0.39 is 38.9 Å². The van der Waals surface area contributed by atoms with Gasteiger partial charge in [0.05, 0.1) is 11.8 Å². The van der Waals surface area contributed by atoms with E-state index in [1.807, 2.05) is 0 Å². The van der Waals surface area contributed by atoms with Gasteiger partial charge in [0.1, 0.15) is 11.9 Å². The third-order valence-corrected chi connectivity index (χ3v) is 3.08. The lowest BCUT2D eigenvalue weighted by Gasteiger charge is -2.09. The summed E-state index contributed by atoms with van der Waals surface area (Å²) in [4.78, 5) is 18.9. The summed E-state index contributed by atoms with van der Waals surface area (Å²) >= 11 is 0. The smallest absolute Gasteiger partial charge is 0.267 e. The van der Waals surface area contributed by atoms with Gasteiger partial charge in [-0.3, -0.25) is 4.79 Å². The lowest BCUT2D eigenvalue weighted by Crippen LogP contribution is -2.30. The van der Waals surface area contributed by atoms with Crippen molar-refractivity contribution in [3.05, 3.63) is 47.4 Å². The molecule has 1 heterocycles. The Morgan fingerprint density at radius 3 is 2.54 bits per heavy atom. The van der Waals surface area contributed by atoms with E-state index in [0.717, 1.165) is 0 Å². The van der Waals surface area contributed by atoms with Crippen LogP contribution in [0.2, 0.25) is 0 Å². The van der Waals surface area contributed by atoms with Crippen molar-refractivity contribution in [3.63, 3.8) is 0 Å². The average molecular weight is 354 g/mol. The molecule has 0 atom stereocenters. The fraction of sp³-hybridized carbons (Fsp3) is 0.0769. The zero-order chi connectivity index (χ0) is 17.9. The Morgan fingerprint density at radius 1 is 1.25 bits per heavy atom. The maximum atomic E-state index is 14.0. The van der Waals surface area contributed by atoms with Crippen LogP contribution < -0.4 is 9.46 Å². The molecule has 0 aliphatic rings. The van der Waals surface area contributed by atoms with Crippen molar-refractivity contribution in [2.45, 2.75) is 0 Å². The number of hydrogen-bond donors (Lipinski definition) is 1. The first kappa shape index (κ1) is 17.2. The molecule has 0 aliphatic heterocycles. The molecule has 124 valence electrons. The average Bonchev–Trinajstić information content (AvgIpc) is 2.49. The largest absolute Gasteiger partial charge is 0.433 e. The number of nitrogens with one attached hydrogen (secondary N) is 1. The summed E-state index contributed by atoms with van der Waals surface area (Å²) in [5.41, 5.74) is -1.08. The highest BCUT2D eigenvalue weighted by Crippen LogP contribution is 2.27. The molecule has 0 radical (unpaired) electrons. The van der Waals surface area contributed by atoms with Crippen LogP contribution in [-0.2, 0) is 10.0 Å². The van der Waals surface area contributed by atoms with Gasteiger partial charge in [0, 0.05) is 18.5 Å². The van der Waals surface area contributed by atoms with Crippen molar-refractivity contribution in [1.29, 1.82) is 5.26 Å². The third kappa shape index (κ3) is 3.99. The molecule has 2 rings (SSSR count). The summed E-state index contributed by atoms with van der Waals surface area (Å²) in [5.74, 6) is -4.73. The molecular weight excluding hydrogens is 346 g/mol. The maximum absolute atomic E-state index is 14.0. The van der Waals surface area contributed by atoms with Gasteiger partial charge < -0.3 is 4.74 Å². The highest BCUT2D eigenvalue weighted by molar-refractivity contribution is 7.89. The Bertz CT molecular complexity index is 957. The van der Waals surface area contributed by atoms with Gasteiger partial charge in [-0.05, 0) is 6.07 Å². The van der Waals surface area contributed by atoms with E-state index in [1.54, 1.807) is 6.07 Å². The monoisotopic (exact) mass is 354 g/mol. The summed E-state index contributed by atoms with van der Waals surface area (Å²) in [7, 11) is -3.94. The quantitative estimate of drug-likeness (QED) is 0.872. The second kappa shape index (κ2) is 6.55. The highest BCUT2D eigenvalue weighted by Gasteiger charge is 2.20.